The minimum absolute atomic E-state index is 0.173. The van der Waals surface area contributed by atoms with Gasteiger partial charge in [-0.25, -0.2) is 8.42 Å². The van der Waals surface area contributed by atoms with Gasteiger partial charge in [0.15, 0.2) is 9.84 Å². The van der Waals surface area contributed by atoms with E-state index < -0.39 is 9.84 Å². The van der Waals surface area contributed by atoms with Crippen molar-refractivity contribution in [3.63, 3.8) is 0 Å². The van der Waals surface area contributed by atoms with Crippen LogP contribution in [0.15, 0.2) is 47.4 Å². The van der Waals surface area contributed by atoms with E-state index in [0.717, 1.165) is 0 Å². The molecule has 0 amide bonds. The van der Waals surface area contributed by atoms with Gasteiger partial charge in [0.1, 0.15) is 11.5 Å². The second-order valence-electron chi connectivity index (χ2n) is 4.51. The van der Waals surface area contributed by atoms with Gasteiger partial charge in [0.05, 0.1) is 24.9 Å². The molecule has 0 aliphatic heterocycles. The van der Waals surface area contributed by atoms with Crippen LogP contribution in [0.5, 0.6) is 11.5 Å². The van der Waals surface area contributed by atoms with Crippen LogP contribution in [0.4, 0.5) is 5.69 Å². The summed E-state index contributed by atoms with van der Waals surface area (Å²) in [5.74, 6) is 0.935. The molecule has 0 radical (unpaired) electrons. The maximum Gasteiger partial charge on any atom is 0.182 e. The average molecular weight is 307 g/mol. The first-order chi connectivity index (χ1) is 9.96. The number of benzene rings is 2. The van der Waals surface area contributed by atoms with E-state index in [0.29, 0.717) is 22.7 Å². The lowest BCUT2D eigenvalue weighted by atomic mass is 10.2. The second-order valence-corrected chi connectivity index (χ2v) is 6.50. The Morgan fingerprint density at radius 2 is 1.67 bits per heavy atom. The van der Waals surface area contributed by atoms with Gasteiger partial charge in [0.2, 0.25) is 0 Å². The van der Waals surface area contributed by atoms with E-state index in [-0.39, 0.29) is 10.6 Å². The molecule has 0 spiro atoms. The van der Waals surface area contributed by atoms with E-state index in [1.807, 2.05) is 0 Å². The molecule has 0 aliphatic carbocycles. The molecule has 0 aliphatic rings. The Labute approximate surface area is 124 Å². The smallest absolute Gasteiger partial charge is 0.182 e. The van der Waals surface area contributed by atoms with E-state index in [4.69, 9.17) is 15.2 Å². The largest absolute Gasteiger partial charge is 0.497 e. The Morgan fingerprint density at radius 3 is 2.24 bits per heavy atom. The molecule has 2 N–H and O–H groups in total. The summed E-state index contributed by atoms with van der Waals surface area (Å²) in [4.78, 5) is 0.229. The van der Waals surface area contributed by atoms with E-state index in [9.17, 15) is 8.42 Å². The molecule has 0 saturated heterocycles. The van der Waals surface area contributed by atoms with Crippen molar-refractivity contribution in [3.05, 3.63) is 48.0 Å². The number of nitrogen functional groups attached to an aromatic ring is 1. The van der Waals surface area contributed by atoms with Crippen molar-refractivity contribution in [2.45, 2.75) is 10.6 Å². The molecule has 0 unspecified atom stereocenters. The van der Waals surface area contributed by atoms with Gasteiger partial charge in [-0.2, -0.15) is 0 Å². The number of rotatable bonds is 5. The molecule has 0 aromatic heterocycles. The van der Waals surface area contributed by atoms with Gasteiger partial charge < -0.3 is 15.2 Å². The Kier molecular flexibility index (Phi) is 4.37. The maximum absolute atomic E-state index is 12.4. The zero-order valence-electron chi connectivity index (χ0n) is 11.9. The molecule has 0 atom stereocenters. The third-order valence-electron chi connectivity index (χ3n) is 3.07. The zero-order chi connectivity index (χ0) is 15.5. The highest BCUT2D eigenvalue weighted by Gasteiger charge is 2.18. The minimum atomic E-state index is -3.48. The first-order valence-corrected chi connectivity index (χ1v) is 7.90. The average Bonchev–Trinajstić information content (AvgIpc) is 2.47. The molecular weight excluding hydrogens is 290 g/mol. The van der Waals surface area contributed by atoms with Gasteiger partial charge in [-0.05, 0) is 42.5 Å². The third kappa shape index (κ3) is 3.46. The highest BCUT2D eigenvalue weighted by atomic mass is 32.2. The second kappa shape index (κ2) is 6.05. The maximum atomic E-state index is 12.4. The van der Waals surface area contributed by atoms with Crippen LogP contribution in [0.3, 0.4) is 0 Å². The highest BCUT2D eigenvalue weighted by molar-refractivity contribution is 7.90. The molecule has 0 heterocycles. The molecule has 2 aromatic carbocycles. The summed E-state index contributed by atoms with van der Waals surface area (Å²) in [7, 11) is -0.455. The SMILES string of the molecule is COc1ccc(S(=O)(=O)Cc2cc(N)ccc2OC)cc1. The lowest BCUT2D eigenvalue weighted by Gasteiger charge is -2.10. The summed E-state index contributed by atoms with van der Waals surface area (Å²) in [6.45, 7) is 0. The third-order valence-corrected chi connectivity index (χ3v) is 4.75. The first kappa shape index (κ1) is 15.2. The topological polar surface area (TPSA) is 78.6 Å². The normalized spacial score (nSPS) is 11.1. The van der Waals surface area contributed by atoms with E-state index in [2.05, 4.69) is 0 Å². The molecular formula is C15H17NO4S. The quantitative estimate of drug-likeness (QED) is 0.857. The van der Waals surface area contributed by atoms with Crippen LogP contribution in [0.1, 0.15) is 5.56 Å². The van der Waals surface area contributed by atoms with Gasteiger partial charge in [-0.3, -0.25) is 0 Å². The van der Waals surface area contributed by atoms with Crippen LogP contribution in [0.2, 0.25) is 0 Å². The fourth-order valence-corrected chi connectivity index (χ4v) is 3.33. The minimum Gasteiger partial charge on any atom is -0.497 e. The molecule has 2 aromatic rings. The molecule has 21 heavy (non-hydrogen) atoms. The van der Waals surface area contributed by atoms with Gasteiger partial charge in [0.25, 0.3) is 0 Å². The number of hydrogen-bond acceptors (Lipinski definition) is 5. The summed E-state index contributed by atoms with van der Waals surface area (Å²) in [5.41, 5.74) is 6.74. The molecule has 5 nitrogen and oxygen atoms in total. The molecule has 0 bridgehead atoms. The monoisotopic (exact) mass is 307 g/mol. The molecule has 6 heteroatoms. The number of anilines is 1. The summed E-state index contributed by atoms with van der Waals surface area (Å²) in [6, 6.07) is 11.2. The Bertz CT molecular complexity index is 724. The molecule has 0 saturated carbocycles. The lowest BCUT2D eigenvalue weighted by Crippen LogP contribution is -2.06. The highest BCUT2D eigenvalue weighted by Crippen LogP contribution is 2.26. The number of methoxy groups -OCH3 is 2. The Hall–Kier alpha value is -2.21. The zero-order valence-corrected chi connectivity index (χ0v) is 12.7. The fraction of sp³-hybridized carbons (Fsp3) is 0.200. The van der Waals surface area contributed by atoms with E-state index in [1.54, 1.807) is 30.3 Å². The van der Waals surface area contributed by atoms with E-state index in [1.165, 1.54) is 26.4 Å². The van der Waals surface area contributed by atoms with Crippen LogP contribution >= 0.6 is 0 Å². The lowest BCUT2D eigenvalue weighted by molar-refractivity contribution is 0.411. The summed E-state index contributed by atoms with van der Waals surface area (Å²) in [5, 5.41) is 0. The number of hydrogen-bond donors (Lipinski definition) is 1. The van der Waals surface area contributed by atoms with Gasteiger partial charge >= 0.3 is 0 Å². The van der Waals surface area contributed by atoms with Gasteiger partial charge in [-0.15, -0.1) is 0 Å². The predicted octanol–water partition coefficient (Wildman–Crippen LogP) is 2.26. The summed E-state index contributed by atoms with van der Waals surface area (Å²) >= 11 is 0. The van der Waals surface area contributed by atoms with Crippen LogP contribution in [-0.4, -0.2) is 22.6 Å². The molecule has 112 valence electrons. The summed E-state index contributed by atoms with van der Waals surface area (Å²) in [6.07, 6.45) is 0. The number of ether oxygens (including phenoxy) is 2. The van der Waals surface area contributed by atoms with Crippen molar-refractivity contribution in [2.24, 2.45) is 0 Å². The molecule has 0 fully saturated rings. The van der Waals surface area contributed by atoms with Crippen molar-refractivity contribution in [2.75, 3.05) is 20.0 Å². The molecule has 2 rings (SSSR count). The number of sulfone groups is 1. The standard InChI is InChI=1S/C15H17NO4S/c1-19-13-4-6-14(7-5-13)21(17,18)10-11-9-12(16)3-8-15(11)20-2/h3-9H,10,16H2,1-2H3. The first-order valence-electron chi connectivity index (χ1n) is 6.25. The Balaban J connectivity index is 2.34. The van der Waals surface area contributed by atoms with Crippen molar-refractivity contribution < 1.29 is 17.9 Å². The van der Waals surface area contributed by atoms with Gasteiger partial charge in [-0.1, -0.05) is 0 Å². The van der Waals surface area contributed by atoms with Crippen molar-refractivity contribution >= 4 is 15.5 Å². The van der Waals surface area contributed by atoms with Crippen LogP contribution < -0.4 is 15.2 Å². The van der Waals surface area contributed by atoms with Crippen LogP contribution in [-0.2, 0) is 15.6 Å². The predicted molar refractivity (Wildman–Crippen MR) is 81.3 cm³/mol. The van der Waals surface area contributed by atoms with Gasteiger partial charge in [0, 0.05) is 11.3 Å². The van der Waals surface area contributed by atoms with Crippen molar-refractivity contribution in [1.29, 1.82) is 0 Å². The Morgan fingerprint density at radius 1 is 1.00 bits per heavy atom. The summed E-state index contributed by atoms with van der Waals surface area (Å²) < 4.78 is 35.1. The van der Waals surface area contributed by atoms with Crippen molar-refractivity contribution in [3.8, 4) is 11.5 Å². The fourth-order valence-electron chi connectivity index (χ4n) is 1.98. The van der Waals surface area contributed by atoms with E-state index >= 15 is 0 Å². The van der Waals surface area contributed by atoms with Crippen LogP contribution in [0, 0.1) is 0 Å². The number of nitrogens with two attached hydrogens (primary N) is 1. The van der Waals surface area contributed by atoms with Crippen molar-refractivity contribution in [1.82, 2.24) is 0 Å². The van der Waals surface area contributed by atoms with Crippen LogP contribution in [0.25, 0.3) is 0 Å².